The summed E-state index contributed by atoms with van der Waals surface area (Å²) in [7, 11) is 1.59. The Hall–Kier alpha value is -2.02. The highest BCUT2D eigenvalue weighted by Crippen LogP contribution is 2.37. The lowest BCUT2D eigenvalue weighted by atomic mass is 10.2. The topological polar surface area (TPSA) is 38.8 Å². The Bertz CT molecular complexity index is 914. The molecule has 0 radical (unpaired) electrons. The second-order valence-electron chi connectivity index (χ2n) is 5.76. The van der Waals surface area contributed by atoms with Crippen LogP contribution in [-0.2, 0) is 4.79 Å². The quantitative estimate of drug-likeness (QED) is 0.453. The third-order valence-electron chi connectivity index (χ3n) is 3.81. The average molecular weight is 420 g/mol. The first-order valence-electron chi connectivity index (χ1n) is 8.38. The number of carbonyl (C=O) groups excluding carboxylic acids is 1. The van der Waals surface area contributed by atoms with Gasteiger partial charge in [-0.25, -0.2) is 0 Å². The van der Waals surface area contributed by atoms with Gasteiger partial charge in [0.05, 0.1) is 24.3 Å². The zero-order valence-electron chi connectivity index (χ0n) is 14.9. The van der Waals surface area contributed by atoms with Crippen LogP contribution in [0, 0.1) is 0 Å². The first-order valence-corrected chi connectivity index (χ1v) is 9.98. The Morgan fingerprint density at radius 1 is 1.22 bits per heavy atom. The number of rotatable bonds is 6. The molecule has 7 heteroatoms. The fraction of sp³-hybridized carbons (Fsp3) is 0.200. The van der Waals surface area contributed by atoms with Gasteiger partial charge in [-0.2, -0.15) is 0 Å². The lowest BCUT2D eigenvalue weighted by Gasteiger charge is -2.14. The average Bonchev–Trinajstić information content (AvgIpc) is 2.93. The zero-order chi connectivity index (χ0) is 19.4. The predicted molar refractivity (Wildman–Crippen MR) is 116 cm³/mol. The number of benzene rings is 2. The molecule has 1 saturated heterocycles. The molecule has 1 amide bonds. The summed E-state index contributed by atoms with van der Waals surface area (Å²) >= 11 is 12.7. The maximum atomic E-state index is 12.8. The molecule has 4 nitrogen and oxygen atoms in total. The molecule has 3 rings (SSSR count). The second kappa shape index (κ2) is 8.78. The van der Waals surface area contributed by atoms with E-state index in [0.717, 1.165) is 12.0 Å². The molecule has 27 heavy (non-hydrogen) atoms. The number of halogens is 1. The van der Waals surface area contributed by atoms with Crippen molar-refractivity contribution in [1.82, 2.24) is 0 Å². The van der Waals surface area contributed by atoms with E-state index in [1.165, 1.54) is 16.7 Å². The molecule has 1 heterocycles. The number of anilines is 1. The van der Waals surface area contributed by atoms with E-state index in [1.54, 1.807) is 31.4 Å². The molecule has 0 N–H and O–H groups in total. The van der Waals surface area contributed by atoms with Crippen LogP contribution in [0.4, 0.5) is 5.69 Å². The van der Waals surface area contributed by atoms with Gasteiger partial charge >= 0.3 is 0 Å². The van der Waals surface area contributed by atoms with Gasteiger partial charge in [-0.1, -0.05) is 54.6 Å². The van der Waals surface area contributed by atoms with Crippen molar-refractivity contribution in [3.8, 4) is 11.5 Å². The van der Waals surface area contributed by atoms with Crippen molar-refractivity contribution in [3.63, 3.8) is 0 Å². The minimum Gasteiger partial charge on any atom is -0.493 e. The first kappa shape index (κ1) is 19.7. The van der Waals surface area contributed by atoms with Gasteiger partial charge in [0.15, 0.2) is 15.8 Å². The zero-order valence-corrected chi connectivity index (χ0v) is 17.3. The number of hydrogen-bond donors (Lipinski definition) is 0. The molecular weight excluding hydrogens is 402 g/mol. The lowest BCUT2D eigenvalue weighted by molar-refractivity contribution is -0.113. The molecule has 0 aliphatic carbocycles. The van der Waals surface area contributed by atoms with Gasteiger partial charge in [0.2, 0.25) is 0 Å². The minimum absolute atomic E-state index is 0.169. The van der Waals surface area contributed by atoms with E-state index < -0.39 is 0 Å². The highest BCUT2D eigenvalue weighted by atomic mass is 35.5. The predicted octanol–water partition coefficient (Wildman–Crippen LogP) is 5.54. The van der Waals surface area contributed by atoms with Gasteiger partial charge in [-0.05, 0) is 48.4 Å². The highest BCUT2D eigenvalue weighted by Gasteiger charge is 2.33. The third-order valence-corrected chi connectivity index (χ3v) is 5.34. The molecule has 1 fully saturated rings. The van der Waals surface area contributed by atoms with Crippen molar-refractivity contribution in [2.75, 3.05) is 18.6 Å². The molecule has 0 bridgehead atoms. The molecule has 140 valence electrons. The molecule has 0 atom stereocenters. The monoisotopic (exact) mass is 419 g/mol. The van der Waals surface area contributed by atoms with Crippen molar-refractivity contribution in [3.05, 3.63) is 58.0 Å². The van der Waals surface area contributed by atoms with Gasteiger partial charge in [-0.15, -0.1) is 0 Å². The molecule has 1 aliphatic rings. The van der Waals surface area contributed by atoms with E-state index in [9.17, 15) is 4.79 Å². The molecule has 0 saturated carbocycles. The fourth-order valence-corrected chi connectivity index (χ4v) is 4.05. The maximum absolute atomic E-state index is 12.8. The molecule has 0 aromatic heterocycles. The van der Waals surface area contributed by atoms with Crippen molar-refractivity contribution in [2.45, 2.75) is 13.3 Å². The largest absolute Gasteiger partial charge is 0.493 e. The summed E-state index contributed by atoms with van der Waals surface area (Å²) in [5, 5.41) is 0.554. The van der Waals surface area contributed by atoms with E-state index in [0.29, 0.717) is 38.0 Å². The number of methoxy groups -OCH3 is 1. The SMILES string of the molecule is CCCOc1ccc(C=C2SC(=S)N(c3cccc(Cl)c3)C2=O)cc1OC. The fourth-order valence-electron chi connectivity index (χ4n) is 2.56. The van der Waals surface area contributed by atoms with Crippen LogP contribution in [0.25, 0.3) is 6.08 Å². The van der Waals surface area contributed by atoms with Crippen LogP contribution < -0.4 is 14.4 Å². The molecule has 2 aromatic rings. The molecule has 2 aromatic carbocycles. The van der Waals surface area contributed by atoms with Gasteiger partial charge in [-0.3, -0.25) is 9.69 Å². The van der Waals surface area contributed by atoms with Crippen LogP contribution in [0.1, 0.15) is 18.9 Å². The highest BCUT2D eigenvalue weighted by molar-refractivity contribution is 8.27. The van der Waals surface area contributed by atoms with Crippen LogP contribution in [-0.4, -0.2) is 23.9 Å². The number of amides is 1. The van der Waals surface area contributed by atoms with E-state index >= 15 is 0 Å². The molecule has 1 aliphatic heterocycles. The Morgan fingerprint density at radius 3 is 2.74 bits per heavy atom. The Balaban J connectivity index is 1.87. The number of thiocarbonyl (C=S) groups is 1. The van der Waals surface area contributed by atoms with E-state index in [1.807, 2.05) is 31.2 Å². The summed E-state index contributed by atoms with van der Waals surface area (Å²) in [6, 6.07) is 12.7. The smallest absolute Gasteiger partial charge is 0.270 e. The third kappa shape index (κ3) is 4.46. The van der Waals surface area contributed by atoms with E-state index in [2.05, 4.69) is 0 Å². The van der Waals surface area contributed by atoms with Gasteiger partial charge < -0.3 is 9.47 Å². The van der Waals surface area contributed by atoms with Crippen LogP contribution in [0.3, 0.4) is 0 Å². The summed E-state index contributed by atoms with van der Waals surface area (Å²) in [4.78, 5) is 14.9. The normalized spacial score (nSPS) is 15.5. The summed E-state index contributed by atoms with van der Waals surface area (Å²) in [5.41, 5.74) is 1.50. The van der Waals surface area contributed by atoms with Crippen molar-refractivity contribution in [1.29, 1.82) is 0 Å². The Kier molecular flexibility index (Phi) is 6.42. The van der Waals surface area contributed by atoms with Gasteiger partial charge in [0.1, 0.15) is 0 Å². The van der Waals surface area contributed by atoms with Gasteiger partial charge in [0, 0.05) is 5.02 Å². The summed E-state index contributed by atoms with van der Waals surface area (Å²) < 4.78 is 11.5. The molecular formula is C20H18ClNO3S2. The minimum atomic E-state index is -0.169. The van der Waals surface area contributed by atoms with Crippen LogP contribution in [0.2, 0.25) is 5.02 Å². The van der Waals surface area contributed by atoms with Crippen molar-refractivity contribution >= 4 is 57.6 Å². The standard InChI is InChI=1S/C20H18ClNO3S2/c1-3-9-25-16-8-7-13(10-17(16)24-2)11-18-19(23)22(20(26)27-18)15-6-4-5-14(21)12-15/h4-8,10-12H,3,9H2,1-2H3. The van der Waals surface area contributed by atoms with E-state index in [-0.39, 0.29) is 5.91 Å². The van der Waals surface area contributed by atoms with Crippen molar-refractivity contribution < 1.29 is 14.3 Å². The first-order chi connectivity index (χ1) is 13.0. The van der Waals surface area contributed by atoms with Gasteiger partial charge in [0.25, 0.3) is 5.91 Å². The van der Waals surface area contributed by atoms with Crippen molar-refractivity contribution in [2.24, 2.45) is 0 Å². The number of ether oxygens (including phenoxy) is 2. The Labute approximate surface area is 173 Å². The van der Waals surface area contributed by atoms with Crippen LogP contribution in [0.5, 0.6) is 11.5 Å². The molecule has 0 spiro atoms. The van der Waals surface area contributed by atoms with E-state index in [4.69, 9.17) is 33.3 Å². The summed E-state index contributed by atoms with van der Waals surface area (Å²) in [6.45, 7) is 2.66. The second-order valence-corrected chi connectivity index (χ2v) is 7.87. The summed E-state index contributed by atoms with van der Waals surface area (Å²) in [6.07, 6.45) is 2.72. The Morgan fingerprint density at radius 2 is 2.04 bits per heavy atom. The maximum Gasteiger partial charge on any atom is 0.270 e. The number of hydrogen-bond acceptors (Lipinski definition) is 5. The number of carbonyl (C=O) groups is 1. The summed E-state index contributed by atoms with van der Waals surface area (Å²) in [5.74, 6) is 1.14. The molecule has 0 unspecified atom stereocenters. The van der Waals surface area contributed by atoms with Crippen LogP contribution >= 0.6 is 35.6 Å². The number of thioether (sulfide) groups is 1. The number of nitrogens with zero attached hydrogens (tertiary/aromatic N) is 1. The lowest BCUT2D eigenvalue weighted by Crippen LogP contribution is -2.27. The van der Waals surface area contributed by atoms with Crippen LogP contribution in [0.15, 0.2) is 47.4 Å².